The number of hydrogen-bond donors (Lipinski definition) is 0. The molecule has 0 aliphatic carbocycles. The van der Waals surface area contributed by atoms with Gasteiger partial charge in [-0.1, -0.05) is 29.8 Å². The lowest BCUT2D eigenvalue weighted by atomic mass is 10.1. The number of benzene rings is 2. The molecule has 0 N–H and O–H groups in total. The Morgan fingerprint density at radius 2 is 2.04 bits per heavy atom. The second-order valence-corrected chi connectivity index (χ2v) is 5.32. The summed E-state index contributed by atoms with van der Waals surface area (Å²) in [5, 5.41) is 10.6. The number of allylic oxidation sites excluding steroid dienone is 1. The van der Waals surface area contributed by atoms with Crippen molar-refractivity contribution in [2.75, 3.05) is 7.11 Å². The number of nitrogens with zero attached hydrogens (tertiary/aromatic N) is 1. The lowest BCUT2D eigenvalue weighted by molar-refractivity contribution is -0.384. The summed E-state index contributed by atoms with van der Waals surface area (Å²) in [7, 11) is 1.26. The average molecular weight is 384 g/mol. The van der Waals surface area contributed by atoms with Crippen LogP contribution in [0.5, 0.6) is 11.5 Å². The fraction of sp³-hybridized carbons (Fsp3) is 0.118. The number of ketones is 1. The van der Waals surface area contributed by atoms with Crippen LogP contribution in [0.2, 0.25) is 5.02 Å². The number of non-ortho nitro benzene ring substituents is 1. The van der Waals surface area contributed by atoms with Gasteiger partial charge in [-0.2, -0.15) is 8.78 Å². The maximum absolute atomic E-state index is 12.4. The van der Waals surface area contributed by atoms with E-state index < -0.39 is 17.3 Å². The molecule has 2 aromatic rings. The second-order valence-electron chi connectivity index (χ2n) is 4.92. The van der Waals surface area contributed by atoms with Gasteiger partial charge in [-0.15, -0.1) is 0 Å². The number of halogens is 3. The maximum Gasteiger partial charge on any atom is 0.387 e. The molecule has 0 saturated carbocycles. The molecular formula is C17H12ClF2NO5. The lowest BCUT2D eigenvalue weighted by Gasteiger charge is -2.12. The molecule has 2 rings (SSSR count). The minimum atomic E-state index is -3.07. The highest BCUT2D eigenvalue weighted by Gasteiger charge is 2.16. The molecule has 6 nitrogen and oxygen atoms in total. The molecule has 9 heteroatoms. The van der Waals surface area contributed by atoms with E-state index in [1.165, 1.54) is 49.6 Å². The topological polar surface area (TPSA) is 78.7 Å². The fourth-order valence-electron chi connectivity index (χ4n) is 2.08. The zero-order chi connectivity index (χ0) is 19.3. The fourth-order valence-corrected chi connectivity index (χ4v) is 2.34. The highest BCUT2D eigenvalue weighted by molar-refractivity contribution is 6.32. The van der Waals surface area contributed by atoms with E-state index in [4.69, 9.17) is 16.3 Å². The van der Waals surface area contributed by atoms with Crippen molar-refractivity contribution < 1.29 is 28.0 Å². The first kappa shape index (κ1) is 19.3. The number of rotatable bonds is 7. The molecule has 0 aliphatic heterocycles. The van der Waals surface area contributed by atoms with E-state index >= 15 is 0 Å². The van der Waals surface area contributed by atoms with E-state index in [9.17, 15) is 23.7 Å². The van der Waals surface area contributed by atoms with E-state index in [1.54, 1.807) is 0 Å². The highest BCUT2D eigenvalue weighted by atomic mass is 35.5. The van der Waals surface area contributed by atoms with Crippen LogP contribution in [-0.4, -0.2) is 24.4 Å². The molecule has 0 saturated heterocycles. The SMILES string of the molecule is COc1cc(/C=C/C(=O)c2cccc([N+](=O)[O-])c2)cc(Cl)c1OC(F)F. The van der Waals surface area contributed by atoms with Gasteiger partial charge in [0.15, 0.2) is 17.3 Å². The number of nitro groups is 1. The zero-order valence-corrected chi connectivity index (χ0v) is 14.1. The van der Waals surface area contributed by atoms with E-state index in [0.29, 0.717) is 5.56 Å². The Kier molecular flexibility index (Phi) is 6.24. The summed E-state index contributed by atoms with van der Waals surface area (Å²) >= 11 is 5.91. The van der Waals surface area contributed by atoms with Gasteiger partial charge in [0.25, 0.3) is 5.69 Å². The molecule has 136 valence electrons. The van der Waals surface area contributed by atoms with Crippen molar-refractivity contribution in [1.29, 1.82) is 0 Å². The summed E-state index contributed by atoms with van der Waals surface area (Å²) in [6, 6.07) is 7.94. The van der Waals surface area contributed by atoms with E-state index in [0.717, 1.165) is 6.07 Å². The first-order valence-corrected chi connectivity index (χ1v) is 7.49. The third-order valence-electron chi connectivity index (χ3n) is 3.23. The zero-order valence-electron chi connectivity index (χ0n) is 13.3. The Hall–Kier alpha value is -3.00. The largest absolute Gasteiger partial charge is 0.493 e. The minimum absolute atomic E-state index is 0.0275. The van der Waals surface area contributed by atoms with Crippen LogP contribution < -0.4 is 9.47 Å². The van der Waals surface area contributed by atoms with Gasteiger partial charge in [-0.05, 0) is 23.8 Å². The Labute approximate surface area is 151 Å². The van der Waals surface area contributed by atoms with Crippen LogP contribution in [0.4, 0.5) is 14.5 Å². The Balaban J connectivity index is 2.27. The molecule has 0 heterocycles. The maximum atomic E-state index is 12.4. The predicted octanol–water partition coefficient (Wildman–Crippen LogP) is 4.75. The standard InChI is InChI=1S/C17H12ClF2NO5/c1-25-15-8-10(7-13(18)16(15)26-17(19)20)5-6-14(22)11-3-2-4-12(9-11)21(23)24/h2-9,17H,1H3/b6-5+. The van der Waals surface area contributed by atoms with Crippen molar-refractivity contribution in [2.45, 2.75) is 6.61 Å². The molecule has 0 unspecified atom stereocenters. The molecule has 0 fully saturated rings. The smallest absolute Gasteiger partial charge is 0.387 e. The van der Waals surface area contributed by atoms with Crippen LogP contribution in [0.25, 0.3) is 6.08 Å². The molecule has 0 aromatic heterocycles. The van der Waals surface area contributed by atoms with Crippen molar-refractivity contribution in [3.8, 4) is 11.5 Å². The Bertz CT molecular complexity index is 870. The minimum Gasteiger partial charge on any atom is -0.493 e. The van der Waals surface area contributed by atoms with Crippen molar-refractivity contribution in [2.24, 2.45) is 0 Å². The molecule has 0 spiro atoms. The number of methoxy groups -OCH3 is 1. The second kappa shape index (κ2) is 8.39. The summed E-state index contributed by atoms with van der Waals surface area (Å²) in [6.07, 6.45) is 2.56. The summed E-state index contributed by atoms with van der Waals surface area (Å²) in [4.78, 5) is 22.3. The number of nitro benzene ring substituents is 1. The van der Waals surface area contributed by atoms with Gasteiger partial charge in [0.1, 0.15) is 0 Å². The van der Waals surface area contributed by atoms with Crippen molar-refractivity contribution >= 4 is 29.1 Å². The van der Waals surface area contributed by atoms with Gasteiger partial charge >= 0.3 is 6.61 Å². The quantitative estimate of drug-likeness (QED) is 0.298. The van der Waals surface area contributed by atoms with Crippen molar-refractivity contribution in [3.63, 3.8) is 0 Å². The van der Waals surface area contributed by atoms with Gasteiger partial charge in [-0.3, -0.25) is 14.9 Å². The van der Waals surface area contributed by atoms with E-state index in [2.05, 4.69) is 4.74 Å². The summed E-state index contributed by atoms with van der Waals surface area (Å²) in [6.45, 7) is -3.07. The molecule has 26 heavy (non-hydrogen) atoms. The van der Waals surface area contributed by atoms with Crippen LogP contribution in [0, 0.1) is 10.1 Å². The first-order valence-electron chi connectivity index (χ1n) is 7.11. The Morgan fingerprint density at radius 3 is 2.65 bits per heavy atom. The third-order valence-corrected chi connectivity index (χ3v) is 3.51. The molecular weight excluding hydrogens is 372 g/mol. The number of carbonyl (C=O) groups excluding carboxylic acids is 1. The van der Waals surface area contributed by atoms with Crippen LogP contribution in [0.15, 0.2) is 42.5 Å². The molecule has 0 atom stereocenters. The Morgan fingerprint density at radius 1 is 1.31 bits per heavy atom. The van der Waals surface area contributed by atoms with Crippen LogP contribution in [0.3, 0.4) is 0 Å². The molecule has 0 radical (unpaired) electrons. The third kappa shape index (κ3) is 4.76. The summed E-state index contributed by atoms with van der Waals surface area (Å²) in [5.41, 5.74) is 0.320. The number of hydrogen-bond acceptors (Lipinski definition) is 5. The van der Waals surface area contributed by atoms with Gasteiger partial charge in [0, 0.05) is 17.7 Å². The lowest BCUT2D eigenvalue weighted by Crippen LogP contribution is -2.04. The van der Waals surface area contributed by atoms with Gasteiger partial charge in [0.2, 0.25) is 0 Å². The average Bonchev–Trinajstić information content (AvgIpc) is 2.61. The van der Waals surface area contributed by atoms with Gasteiger partial charge < -0.3 is 9.47 Å². The number of ether oxygens (including phenoxy) is 2. The van der Waals surface area contributed by atoms with Crippen LogP contribution in [-0.2, 0) is 0 Å². The summed E-state index contributed by atoms with van der Waals surface area (Å²) < 4.78 is 34.1. The van der Waals surface area contributed by atoms with Crippen molar-refractivity contribution in [3.05, 3.63) is 68.7 Å². The molecule has 0 bridgehead atoms. The number of alkyl halides is 2. The molecule has 0 amide bonds. The van der Waals surface area contributed by atoms with Crippen LogP contribution >= 0.6 is 11.6 Å². The monoisotopic (exact) mass is 383 g/mol. The highest BCUT2D eigenvalue weighted by Crippen LogP contribution is 2.37. The predicted molar refractivity (Wildman–Crippen MR) is 91.1 cm³/mol. The van der Waals surface area contributed by atoms with Crippen molar-refractivity contribution in [1.82, 2.24) is 0 Å². The van der Waals surface area contributed by atoms with Gasteiger partial charge in [0.05, 0.1) is 17.1 Å². The van der Waals surface area contributed by atoms with Crippen LogP contribution in [0.1, 0.15) is 15.9 Å². The molecule has 2 aromatic carbocycles. The molecule has 0 aliphatic rings. The normalized spacial score (nSPS) is 11.0. The summed E-state index contributed by atoms with van der Waals surface area (Å²) in [5.74, 6) is -0.816. The number of carbonyl (C=O) groups is 1. The van der Waals surface area contributed by atoms with Gasteiger partial charge in [-0.25, -0.2) is 0 Å². The first-order chi connectivity index (χ1) is 12.3. The van der Waals surface area contributed by atoms with E-state index in [1.807, 2.05) is 0 Å². The van der Waals surface area contributed by atoms with E-state index in [-0.39, 0.29) is 27.8 Å².